The number of amides is 1. The van der Waals surface area contributed by atoms with Crippen molar-refractivity contribution in [2.45, 2.75) is 19.8 Å². The highest BCUT2D eigenvalue weighted by Crippen LogP contribution is 2.19. The highest BCUT2D eigenvalue weighted by Gasteiger charge is 2.30. The number of hydrogen-bond donors (Lipinski definition) is 0. The SMILES string of the molecule is CCOC(=O)C1CCCN(C(=O)c2cncn2C)C1. The number of aryl methyl sites for hydroxylation is 1. The Labute approximate surface area is 112 Å². The molecule has 2 heterocycles. The molecule has 1 saturated heterocycles. The van der Waals surface area contributed by atoms with Gasteiger partial charge < -0.3 is 14.2 Å². The molecule has 1 aliphatic heterocycles. The summed E-state index contributed by atoms with van der Waals surface area (Å²) >= 11 is 0. The van der Waals surface area contributed by atoms with Crippen LogP contribution in [0.5, 0.6) is 0 Å². The second-order valence-corrected chi connectivity index (χ2v) is 4.73. The molecule has 1 atom stereocenters. The first-order chi connectivity index (χ1) is 9.13. The van der Waals surface area contributed by atoms with Crippen LogP contribution >= 0.6 is 0 Å². The first-order valence-corrected chi connectivity index (χ1v) is 6.55. The smallest absolute Gasteiger partial charge is 0.310 e. The van der Waals surface area contributed by atoms with Crippen molar-refractivity contribution >= 4 is 11.9 Å². The van der Waals surface area contributed by atoms with Gasteiger partial charge in [-0.25, -0.2) is 4.98 Å². The largest absolute Gasteiger partial charge is 0.466 e. The van der Waals surface area contributed by atoms with Gasteiger partial charge in [0.1, 0.15) is 5.69 Å². The van der Waals surface area contributed by atoms with E-state index in [4.69, 9.17) is 4.74 Å². The van der Waals surface area contributed by atoms with E-state index in [9.17, 15) is 9.59 Å². The molecule has 0 aromatic carbocycles. The van der Waals surface area contributed by atoms with Gasteiger partial charge in [-0.15, -0.1) is 0 Å². The van der Waals surface area contributed by atoms with Crippen molar-refractivity contribution in [1.29, 1.82) is 0 Å². The van der Waals surface area contributed by atoms with Crippen molar-refractivity contribution in [3.63, 3.8) is 0 Å². The van der Waals surface area contributed by atoms with Crippen LogP contribution in [-0.2, 0) is 16.6 Å². The average molecular weight is 265 g/mol. The van der Waals surface area contributed by atoms with E-state index >= 15 is 0 Å². The summed E-state index contributed by atoms with van der Waals surface area (Å²) in [5.74, 6) is -0.482. The number of nitrogens with zero attached hydrogens (tertiary/aromatic N) is 3. The topological polar surface area (TPSA) is 64.4 Å². The maximum atomic E-state index is 12.3. The molecule has 1 aromatic heterocycles. The molecular formula is C13H19N3O3. The lowest BCUT2D eigenvalue weighted by molar-refractivity contribution is -0.149. The Kier molecular flexibility index (Phi) is 4.19. The Balaban J connectivity index is 2.03. The summed E-state index contributed by atoms with van der Waals surface area (Å²) in [5.41, 5.74) is 0.546. The Morgan fingerprint density at radius 3 is 2.95 bits per heavy atom. The van der Waals surface area contributed by atoms with E-state index in [0.717, 1.165) is 12.8 Å². The van der Waals surface area contributed by atoms with Gasteiger partial charge in [0.2, 0.25) is 0 Å². The Morgan fingerprint density at radius 2 is 2.32 bits per heavy atom. The lowest BCUT2D eigenvalue weighted by Gasteiger charge is -2.31. The van der Waals surface area contributed by atoms with Crippen LogP contribution in [0.1, 0.15) is 30.3 Å². The summed E-state index contributed by atoms with van der Waals surface area (Å²) in [6, 6.07) is 0. The number of hydrogen-bond acceptors (Lipinski definition) is 4. The van der Waals surface area contributed by atoms with E-state index in [-0.39, 0.29) is 17.8 Å². The third kappa shape index (κ3) is 2.94. The molecule has 2 rings (SSSR count). The van der Waals surface area contributed by atoms with Gasteiger partial charge in [-0.1, -0.05) is 0 Å². The Hall–Kier alpha value is -1.85. The minimum absolute atomic E-state index is 0.0750. The van der Waals surface area contributed by atoms with E-state index in [0.29, 0.717) is 25.4 Å². The van der Waals surface area contributed by atoms with Crippen molar-refractivity contribution in [3.8, 4) is 0 Å². The van der Waals surface area contributed by atoms with Gasteiger partial charge in [-0.2, -0.15) is 0 Å². The molecule has 19 heavy (non-hydrogen) atoms. The third-order valence-corrected chi connectivity index (χ3v) is 3.36. The number of carbonyl (C=O) groups is 2. The van der Waals surface area contributed by atoms with Crippen molar-refractivity contribution in [2.75, 3.05) is 19.7 Å². The van der Waals surface area contributed by atoms with Gasteiger partial charge in [0.05, 0.1) is 25.0 Å². The molecule has 0 N–H and O–H groups in total. The monoisotopic (exact) mass is 265 g/mol. The van der Waals surface area contributed by atoms with E-state index in [1.54, 1.807) is 36.0 Å². The van der Waals surface area contributed by atoms with Crippen molar-refractivity contribution in [3.05, 3.63) is 18.2 Å². The predicted molar refractivity (Wildman–Crippen MR) is 68.5 cm³/mol. The zero-order valence-electron chi connectivity index (χ0n) is 11.3. The Morgan fingerprint density at radius 1 is 1.53 bits per heavy atom. The van der Waals surface area contributed by atoms with Crippen LogP contribution in [0.25, 0.3) is 0 Å². The summed E-state index contributed by atoms with van der Waals surface area (Å²) in [7, 11) is 1.78. The zero-order chi connectivity index (χ0) is 13.8. The van der Waals surface area contributed by atoms with E-state index in [1.165, 1.54) is 0 Å². The molecule has 6 nitrogen and oxygen atoms in total. The zero-order valence-corrected chi connectivity index (χ0v) is 11.3. The van der Waals surface area contributed by atoms with E-state index < -0.39 is 0 Å². The van der Waals surface area contributed by atoms with Crippen LogP contribution in [0.3, 0.4) is 0 Å². The van der Waals surface area contributed by atoms with Crippen LogP contribution in [-0.4, -0.2) is 46.0 Å². The summed E-state index contributed by atoms with van der Waals surface area (Å²) in [4.78, 5) is 29.7. The van der Waals surface area contributed by atoms with Crippen LogP contribution < -0.4 is 0 Å². The van der Waals surface area contributed by atoms with Gasteiger partial charge in [-0.05, 0) is 19.8 Å². The van der Waals surface area contributed by atoms with Crippen molar-refractivity contribution < 1.29 is 14.3 Å². The number of likely N-dealkylation sites (tertiary alicyclic amines) is 1. The lowest BCUT2D eigenvalue weighted by atomic mass is 9.98. The van der Waals surface area contributed by atoms with Crippen LogP contribution in [0.2, 0.25) is 0 Å². The van der Waals surface area contributed by atoms with Crippen LogP contribution in [0.15, 0.2) is 12.5 Å². The summed E-state index contributed by atoms with van der Waals surface area (Å²) < 4.78 is 6.72. The van der Waals surface area contributed by atoms with Gasteiger partial charge in [-0.3, -0.25) is 9.59 Å². The summed E-state index contributed by atoms with van der Waals surface area (Å²) in [6.45, 7) is 3.28. The molecule has 1 unspecified atom stereocenters. The fourth-order valence-electron chi connectivity index (χ4n) is 2.34. The second-order valence-electron chi connectivity index (χ2n) is 4.73. The molecular weight excluding hydrogens is 246 g/mol. The lowest BCUT2D eigenvalue weighted by Crippen LogP contribution is -2.43. The minimum atomic E-state index is -0.204. The van der Waals surface area contributed by atoms with Gasteiger partial charge in [0.15, 0.2) is 0 Å². The quantitative estimate of drug-likeness (QED) is 0.760. The van der Waals surface area contributed by atoms with Crippen LogP contribution in [0.4, 0.5) is 0 Å². The number of rotatable bonds is 3. The average Bonchev–Trinajstić information content (AvgIpc) is 2.84. The normalized spacial score (nSPS) is 19.3. The predicted octanol–water partition coefficient (Wildman–Crippen LogP) is 0.835. The first kappa shape index (κ1) is 13.6. The number of aromatic nitrogens is 2. The minimum Gasteiger partial charge on any atom is -0.466 e. The molecule has 0 radical (unpaired) electrons. The molecule has 1 aromatic rings. The second kappa shape index (κ2) is 5.86. The molecule has 6 heteroatoms. The number of carbonyl (C=O) groups excluding carboxylic acids is 2. The standard InChI is InChI=1S/C13H19N3O3/c1-3-19-13(18)10-5-4-6-16(8-10)12(17)11-7-14-9-15(11)2/h7,9-10H,3-6,8H2,1-2H3. The fraction of sp³-hybridized carbons (Fsp3) is 0.615. The maximum Gasteiger partial charge on any atom is 0.310 e. The highest BCUT2D eigenvalue weighted by atomic mass is 16.5. The molecule has 104 valence electrons. The summed E-state index contributed by atoms with van der Waals surface area (Å²) in [5, 5.41) is 0. The molecule has 1 amide bonds. The Bertz CT molecular complexity index is 469. The molecule has 1 fully saturated rings. The highest BCUT2D eigenvalue weighted by molar-refractivity contribution is 5.92. The van der Waals surface area contributed by atoms with E-state index in [2.05, 4.69) is 4.98 Å². The van der Waals surface area contributed by atoms with E-state index in [1.807, 2.05) is 0 Å². The molecule has 0 saturated carbocycles. The van der Waals surface area contributed by atoms with Crippen molar-refractivity contribution in [2.24, 2.45) is 13.0 Å². The fourth-order valence-corrected chi connectivity index (χ4v) is 2.34. The van der Waals surface area contributed by atoms with Gasteiger partial charge >= 0.3 is 5.97 Å². The maximum absolute atomic E-state index is 12.3. The number of piperidine rings is 1. The molecule has 0 aliphatic carbocycles. The van der Waals surface area contributed by atoms with Gasteiger partial charge in [0, 0.05) is 20.1 Å². The molecule has 0 bridgehead atoms. The first-order valence-electron chi connectivity index (χ1n) is 6.55. The summed E-state index contributed by atoms with van der Waals surface area (Å²) in [6.07, 6.45) is 4.76. The molecule has 0 spiro atoms. The van der Waals surface area contributed by atoms with Crippen molar-refractivity contribution in [1.82, 2.24) is 14.5 Å². The third-order valence-electron chi connectivity index (χ3n) is 3.36. The van der Waals surface area contributed by atoms with Gasteiger partial charge in [0.25, 0.3) is 5.91 Å². The number of imidazole rings is 1. The number of esters is 1. The van der Waals surface area contributed by atoms with Crippen LogP contribution in [0, 0.1) is 5.92 Å². The molecule has 1 aliphatic rings. The number of ether oxygens (including phenoxy) is 1.